The van der Waals surface area contributed by atoms with E-state index in [2.05, 4.69) is 21.2 Å². The van der Waals surface area contributed by atoms with Crippen LogP contribution < -0.4 is 5.32 Å². The molecule has 24 heavy (non-hydrogen) atoms. The van der Waals surface area contributed by atoms with Crippen molar-refractivity contribution in [1.82, 2.24) is 10.2 Å². The predicted molar refractivity (Wildman–Crippen MR) is 99.1 cm³/mol. The van der Waals surface area contributed by atoms with E-state index in [1.54, 1.807) is 16.2 Å². The lowest BCUT2D eigenvalue weighted by molar-refractivity contribution is -0.144. The molecule has 0 aliphatic carbocycles. The van der Waals surface area contributed by atoms with Crippen LogP contribution in [0.3, 0.4) is 0 Å². The molecule has 1 saturated heterocycles. The fourth-order valence-corrected chi connectivity index (χ4v) is 4.39. The normalized spacial score (nSPS) is 19.0. The molecule has 2 aromatic rings. The number of carbonyl (C=O) groups is 2. The van der Waals surface area contributed by atoms with Crippen molar-refractivity contribution in [1.29, 1.82) is 0 Å². The average molecular weight is 407 g/mol. The number of nitrogens with one attached hydrogen (secondary N) is 1. The van der Waals surface area contributed by atoms with Crippen molar-refractivity contribution >= 4 is 39.1 Å². The minimum Gasteiger partial charge on any atom is -0.352 e. The first-order valence-electron chi connectivity index (χ1n) is 7.88. The number of nitrogens with zero attached hydrogens (tertiary/aromatic N) is 1. The molecule has 4 nitrogen and oxygen atoms in total. The lowest BCUT2D eigenvalue weighted by Gasteiger charge is -2.37. The predicted octanol–water partition coefficient (Wildman–Crippen LogP) is 3.62. The smallest absolute Gasteiger partial charge is 0.247 e. The number of hydrogen-bond donors (Lipinski definition) is 1. The lowest BCUT2D eigenvalue weighted by atomic mass is 9.99. The largest absolute Gasteiger partial charge is 0.352 e. The van der Waals surface area contributed by atoms with E-state index >= 15 is 0 Å². The van der Waals surface area contributed by atoms with E-state index < -0.39 is 6.04 Å². The topological polar surface area (TPSA) is 49.4 Å². The average Bonchev–Trinajstić information content (AvgIpc) is 3.00. The molecule has 0 bridgehead atoms. The van der Waals surface area contributed by atoms with E-state index in [4.69, 9.17) is 0 Å². The van der Waals surface area contributed by atoms with Crippen molar-refractivity contribution in [3.63, 3.8) is 0 Å². The van der Waals surface area contributed by atoms with Gasteiger partial charge in [0, 0.05) is 27.3 Å². The van der Waals surface area contributed by atoms with Gasteiger partial charge in [-0.15, -0.1) is 11.3 Å². The summed E-state index contributed by atoms with van der Waals surface area (Å²) in [6, 6.07) is 11.0. The summed E-state index contributed by atoms with van der Waals surface area (Å²) in [6.45, 7) is 4.95. The summed E-state index contributed by atoms with van der Waals surface area (Å²) in [6.07, 6.45) is 0. The van der Waals surface area contributed by atoms with Gasteiger partial charge >= 0.3 is 0 Å². The van der Waals surface area contributed by atoms with Crippen molar-refractivity contribution in [3.8, 4) is 0 Å². The van der Waals surface area contributed by atoms with Gasteiger partial charge in [0.1, 0.15) is 6.04 Å². The number of hydrogen-bond acceptors (Lipinski definition) is 3. The highest BCUT2D eigenvalue weighted by Crippen LogP contribution is 2.33. The summed E-state index contributed by atoms with van der Waals surface area (Å²) >= 11 is 5.14. The number of thiophene rings is 1. The lowest BCUT2D eigenvalue weighted by Crippen LogP contribution is -2.53. The Kier molecular flexibility index (Phi) is 5.06. The molecule has 1 aromatic carbocycles. The van der Waals surface area contributed by atoms with Crippen LogP contribution >= 0.6 is 27.3 Å². The molecule has 3 rings (SSSR count). The van der Waals surface area contributed by atoms with E-state index in [-0.39, 0.29) is 17.7 Å². The molecular formula is C18H19BrN2O2S. The number of carbonyl (C=O) groups excluding carboxylic acids is 2. The first kappa shape index (κ1) is 17.2. The Balaban J connectivity index is 1.93. The second kappa shape index (κ2) is 7.07. The minimum absolute atomic E-state index is 0.00699. The van der Waals surface area contributed by atoms with Crippen LogP contribution in [-0.4, -0.2) is 29.8 Å². The van der Waals surface area contributed by atoms with Crippen molar-refractivity contribution in [2.45, 2.75) is 25.8 Å². The van der Waals surface area contributed by atoms with Gasteiger partial charge in [-0.05, 0) is 37.6 Å². The van der Waals surface area contributed by atoms with Crippen LogP contribution in [0.4, 0.5) is 0 Å². The Morgan fingerprint density at radius 2 is 2.08 bits per heavy atom. The molecule has 2 amide bonds. The third kappa shape index (κ3) is 3.26. The minimum atomic E-state index is -0.592. The van der Waals surface area contributed by atoms with E-state index in [1.165, 1.54) is 4.88 Å². The molecule has 0 unspecified atom stereocenters. The fourth-order valence-electron chi connectivity index (χ4n) is 2.97. The number of aryl methyl sites for hydroxylation is 1. The second-order valence-electron chi connectivity index (χ2n) is 5.92. The number of benzene rings is 1. The van der Waals surface area contributed by atoms with Crippen LogP contribution in [0, 0.1) is 6.92 Å². The maximum Gasteiger partial charge on any atom is 0.247 e. The van der Waals surface area contributed by atoms with Crippen molar-refractivity contribution in [2.24, 2.45) is 0 Å². The van der Waals surface area contributed by atoms with Crippen molar-refractivity contribution < 1.29 is 9.59 Å². The van der Waals surface area contributed by atoms with Gasteiger partial charge in [0.15, 0.2) is 0 Å². The summed E-state index contributed by atoms with van der Waals surface area (Å²) in [5.74, 6) is -0.386. The molecule has 1 aliphatic rings. The third-order valence-electron chi connectivity index (χ3n) is 4.25. The Labute approximate surface area is 154 Å². The van der Waals surface area contributed by atoms with Crippen LogP contribution in [0.5, 0.6) is 0 Å². The van der Waals surface area contributed by atoms with E-state index in [9.17, 15) is 9.59 Å². The van der Waals surface area contributed by atoms with Gasteiger partial charge in [-0.3, -0.25) is 9.59 Å². The fraction of sp³-hybridized carbons (Fsp3) is 0.333. The van der Waals surface area contributed by atoms with E-state index in [1.807, 2.05) is 50.2 Å². The van der Waals surface area contributed by atoms with Gasteiger partial charge in [0.25, 0.3) is 0 Å². The highest BCUT2D eigenvalue weighted by molar-refractivity contribution is 9.10. The van der Waals surface area contributed by atoms with Crippen molar-refractivity contribution in [3.05, 3.63) is 56.2 Å². The maximum absolute atomic E-state index is 13.1. The van der Waals surface area contributed by atoms with Crippen LogP contribution in [0.25, 0.3) is 0 Å². The molecular weight excluding hydrogens is 388 g/mol. The summed E-state index contributed by atoms with van der Waals surface area (Å²) < 4.78 is 0.837. The monoisotopic (exact) mass is 406 g/mol. The Bertz CT molecular complexity index is 774. The highest BCUT2D eigenvalue weighted by Gasteiger charge is 2.37. The summed E-state index contributed by atoms with van der Waals surface area (Å²) in [7, 11) is 0. The zero-order valence-corrected chi connectivity index (χ0v) is 16.0. The molecule has 6 heteroatoms. The summed E-state index contributed by atoms with van der Waals surface area (Å²) in [4.78, 5) is 29.5. The molecule has 0 saturated carbocycles. The quantitative estimate of drug-likeness (QED) is 0.845. The Morgan fingerprint density at radius 1 is 1.33 bits per heavy atom. The molecule has 126 valence electrons. The first-order chi connectivity index (χ1) is 11.5. The zero-order chi connectivity index (χ0) is 17.3. The third-order valence-corrected chi connectivity index (χ3v) is 6.16. The molecule has 1 aromatic heterocycles. The molecule has 1 aliphatic heterocycles. The number of rotatable bonds is 3. The summed E-state index contributed by atoms with van der Waals surface area (Å²) in [5, 5.41) is 2.87. The SMILES string of the molecule is Cc1ccc([C@@H](C)C(=O)N2CCNC(=O)[C@@H]2c2ccccc2Br)s1. The van der Waals surface area contributed by atoms with Gasteiger partial charge < -0.3 is 10.2 Å². The second-order valence-corrected chi connectivity index (χ2v) is 8.09. The van der Waals surface area contributed by atoms with E-state index in [0.717, 1.165) is 14.9 Å². The van der Waals surface area contributed by atoms with E-state index in [0.29, 0.717) is 13.1 Å². The number of amides is 2. The molecule has 0 radical (unpaired) electrons. The molecule has 2 atom stereocenters. The first-order valence-corrected chi connectivity index (χ1v) is 9.49. The number of piperazine rings is 1. The van der Waals surface area contributed by atoms with Gasteiger partial charge in [-0.1, -0.05) is 34.1 Å². The Morgan fingerprint density at radius 3 is 2.75 bits per heavy atom. The van der Waals surface area contributed by atoms with Crippen LogP contribution in [0.1, 0.15) is 34.2 Å². The molecule has 0 spiro atoms. The maximum atomic E-state index is 13.1. The molecule has 1 fully saturated rings. The van der Waals surface area contributed by atoms with Gasteiger partial charge in [-0.25, -0.2) is 0 Å². The molecule has 1 N–H and O–H groups in total. The highest BCUT2D eigenvalue weighted by atomic mass is 79.9. The van der Waals surface area contributed by atoms with Crippen LogP contribution in [-0.2, 0) is 9.59 Å². The van der Waals surface area contributed by atoms with Gasteiger partial charge in [0.2, 0.25) is 11.8 Å². The number of halogens is 1. The molecule has 2 heterocycles. The zero-order valence-electron chi connectivity index (χ0n) is 13.6. The summed E-state index contributed by atoms with van der Waals surface area (Å²) in [5.41, 5.74) is 0.817. The Hall–Kier alpha value is -1.66. The van der Waals surface area contributed by atoms with Crippen LogP contribution in [0.15, 0.2) is 40.9 Å². The standard InChI is InChI=1S/C18H19BrN2O2S/c1-11-7-8-15(24-11)12(2)18(23)21-10-9-20-17(22)16(21)13-5-3-4-6-14(13)19/h3-8,12,16H,9-10H2,1-2H3,(H,20,22)/t12-,16+/m1/s1. The van der Waals surface area contributed by atoms with Gasteiger partial charge in [0.05, 0.1) is 5.92 Å². The van der Waals surface area contributed by atoms with Crippen molar-refractivity contribution in [2.75, 3.05) is 13.1 Å². The van der Waals surface area contributed by atoms with Gasteiger partial charge in [-0.2, -0.15) is 0 Å². The van der Waals surface area contributed by atoms with Crippen LogP contribution in [0.2, 0.25) is 0 Å².